The topological polar surface area (TPSA) is 35.8 Å². The first-order valence-electron chi connectivity index (χ1n) is 13.9. The quantitative estimate of drug-likeness (QED) is 0.190. The van der Waals surface area contributed by atoms with Crippen molar-refractivity contribution in [3.63, 3.8) is 0 Å². The van der Waals surface area contributed by atoms with Crippen LogP contribution in [-0.4, -0.2) is 64.6 Å². The smallest absolute Gasteiger partial charge is 0.305 e. The SMILES string of the molecule is CCOC(=O)CCCCN(C)c1ccc(/C=C/C(=C2CCC(=[N+](C)C)CC2)c2ccc(N(C)C)cc2)cc1. The second-order valence-electron chi connectivity index (χ2n) is 10.5. The summed E-state index contributed by atoms with van der Waals surface area (Å²) < 4.78 is 7.30. The lowest BCUT2D eigenvalue weighted by Crippen LogP contribution is -2.18. The van der Waals surface area contributed by atoms with Crippen molar-refractivity contribution in [1.82, 2.24) is 0 Å². The van der Waals surface area contributed by atoms with E-state index in [9.17, 15) is 4.79 Å². The fraction of sp³-hybridized carbons (Fsp3) is 0.455. The number of hydrogen-bond donors (Lipinski definition) is 0. The molecule has 2 aromatic rings. The highest BCUT2D eigenvalue weighted by molar-refractivity contribution is 5.86. The molecule has 0 unspecified atom stereocenters. The summed E-state index contributed by atoms with van der Waals surface area (Å²) in [6.45, 7) is 3.22. The number of carbonyl (C=O) groups excluding carboxylic acids is 1. The molecule has 0 heterocycles. The van der Waals surface area contributed by atoms with E-state index in [0.29, 0.717) is 13.0 Å². The Hall–Kier alpha value is -3.34. The molecule has 0 amide bonds. The van der Waals surface area contributed by atoms with Crippen LogP contribution < -0.4 is 9.80 Å². The molecule has 1 aliphatic rings. The Labute approximate surface area is 230 Å². The van der Waals surface area contributed by atoms with E-state index in [1.807, 2.05) is 6.92 Å². The Morgan fingerprint density at radius 2 is 1.53 bits per heavy atom. The fourth-order valence-corrected chi connectivity index (χ4v) is 4.91. The molecule has 3 rings (SSSR count). The van der Waals surface area contributed by atoms with Crippen molar-refractivity contribution in [1.29, 1.82) is 0 Å². The van der Waals surface area contributed by atoms with E-state index in [1.54, 1.807) is 11.3 Å². The molecule has 0 spiro atoms. The number of ether oxygens (including phenoxy) is 1. The van der Waals surface area contributed by atoms with Crippen molar-refractivity contribution in [2.45, 2.75) is 51.9 Å². The minimum Gasteiger partial charge on any atom is -0.466 e. The highest BCUT2D eigenvalue weighted by Gasteiger charge is 2.19. The normalized spacial score (nSPS) is 13.5. The van der Waals surface area contributed by atoms with Crippen LogP contribution in [0.1, 0.15) is 63.0 Å². The molecule has 1 saturated carbocycles. The molecular formula is C33H46N3O2+. The number of allylic oxidation sites excluding steroid dienone is 3. The van der Waals surface area contributed by atoms with Gasteiger partial charge >= 0.3 is 5.97 Å². The maximum absolute atomic E-state index is 11.5. The van der Waals surface area contributed by atoms with Crippen molar-refractivity contribution >= 4 is 34.7 Å². The van der Waals surface area contributed by atoms with Gasteiger partial charge in [0, 0.05) is 58.3 Å². The van der Waals surface area contributed by atoms with E-state index in [4.69, 9.17) is 4.74 Å². The van der Waals surface area contributed by atoms with Crippen LogP contribution >= 0.6 is 0 Å². The summed E-state index contributed by atoms with van der Waals surface area (Å²) >= 11 is 0. The number of rotatable bonds is 11. The second kappa shape index (κ2) is 14.6. The molecule has 38 heavy (non-hydrogen) atoms. The van der Waals surface area contributed by atoms with Crippen LogP contribution in [0.3, 0.4) is 0 Å². The lowest BCUT2D eigenvalue weighted by atomic mass is 9.86. The molecule has 0 atom stereocenters. The monoisotopic (exact) mass is 516 g/mol. The Balaban J connectivity index is 1.71. The molecule has 0 aromatic heterocycles. The summed E-state index contributed by atoms with van der Waals surface area (Å²) in [5.74, 6) is -0.0984. The van der Waals surface area contributed by atoms with Gasteiger partial charge in [-0.3, -0.25) is 4.79 Å². The zero-order valence-corrected chi connectivity index (χ0v) is 24.3. The summed E-state index contributed by atoms with van der Waals surface area (Å²) in [5, 5.41) is 0. The van der Waals surface area contributed by atoms with E-state index in [2.05, 4.69) is 110 Å². The van der Waals surface area contributed by atoms with Gasteiger partial charge in [-0.1, -0.05) is 42.0 Å². The van der Waals surface area contributed by atoms with Crippen molar-refractivity contribution in [2.75, 3.05) is 58.2 Å². The number of esters is 1. The standard InChI is InChI=1S/C33H46N3O2/c1-7-38-33(37)10-8-9-25-36(6)31-18-11-26(12-19-31)13-24-32(27-14-20-29(21-15-27)34(2)3)28-16-22-30(23-17-28)35(4)5/h11-15,18-21,24H,7-10,16-17,22-23,25H2,1-6H3/q+1/b24-13+. The largest absolute Gasteiger partial charge is 0.466 e. The molecular weight excluding hydrogens is 470 g/mol. The highest BCUT2D eigenvalue weighted by atomic mass is 16.5. The van der Waals surface area contributed by atoms with Gasteiger partial charge in [0.2, 0.25) is 0 Å². The third-order valence-electron chi connectivity index (χ3n) is 7.34. The van der Waals surface area contributed by atoms with Crippen LogP contribution in [0, 0.1) is 0 Å². The second-order valence-corrected chi connectivity index (χ2v) is 10.5. The fourth-order valence-electron chi connectivity index (χ4n) is 4.91. The van der Waals surface area contributed by atoms with Crippen molar-refractivity contribution in [3.05, 3.63) is 71.3 Å². The van der Waals surface area contributed by atoms with Crippen molar-refractivity contribution in [2.24, 2.45) is 0 Å². The van der Waals surface area contributed by atoms with Gasteiger partial charge in [-0.05, 0) is 73.6 Å². The Kier molecular flexibility index (Phi) is 11.2. The molecule has 0 radical (unpaired) electrons. The molecule has 0 saturated heterocycles. The van der Waals surface area contributed by atoms with Gasteiger partial charge in [0.1, 0.15) is 14.1 Å². The van der Waals surface area contributed by atoms with Gasteiger partial charge in [0.15, 0.2) is 5.71 Å². The maximum Gasteiger partial charge on any atom is 0.305 e. The Morgan fingerprint density at radius 1 is 0.895 bits per heavy atom. The van der Waals surface area contributed by atoms with Crippen LogP contribution in [0.5, 0.6) is 0 Å². The number of carbonyl (C=O) groups is 1. The van der Waals surface area contributed by atoms with E-state index < -0.39 is 0 Å². The zero-order chi connectivity index (χ0) is 27.5. The Bertz CT molecular complexity index is 1130. The average Bonchev–Trinajstić information content (AvgIpc) is 2.92. The summed E-state index contributed by atoms with van der Waals surface area (Å²) in [5.41, 5.74) is 9.34. The predicted octanol–water partition coefficient (Wildman–Crippen LogP) is 6.68. The summed E-state index contributed by atoms with van der Waals surface area (Å²) in [6, 6.07) is 17.7. The lowest BCUT2D eigenvalue weighted by molar-refractivity contribution is -0.467. The van der Waals surface area contributed by atoms with E-state index in [0.717, 1.165) is 45.1 Å². The minimum absolute atomic E-state index is 0.0984. The molecule has 0 aliphatic heterocycles. The van der Waals surface area contributed by atoms with Crippen molar-refractivity contribution in [3.8, 4) is 0 Å². The number of anilines is 2. The van der Waals surface area contributed by atoms with Crippen LogP contribution in [0.25, 0.3) is 11.6 Å². The molecule has 2 aromatic carbocycles. The van der Waals surface area contributed by atoms with Gasteiger partial charge in [-0.15, -0.1) is 0 Å². The number of benzene rings is 2. The third-order valence-corrected chi connectivity index (χ3v) is 7.34. The van der Waals surface area contributed by atoms with Gasteiger partial charge in [0.05, 0.1) is 6.61 Å². The number of hydrogen-bond acceptors (Lipinski definition) is 4. The zero-order valence-electron chi connectivity index (χ0n) is 24.3. The van der Waals surface area contributed by atoms with Gasteiger partial charge < -0.3 is 14.5 Å². The average molecular weight is 517 g/mol. The number of unbranched alkanes of at least 4 members (excludes halogenated alkanes) is 1. The Morgan fingerprint density at radius 3 is 2.11 bits per heavy atom. The lowest BCUT2D eigenvalue weighted by Gasteiger charge is -2.20. The predicted molar refractivity (Wildman–Crippen MR) is 163 cm³/mol. The first-order valence-corrected chi connectivity index (χ1v) is 13.9. The van der Waals surface area contributed by atoms with Gasteiger partial charge in [-0.25, -0.2) is 4.58 Å². The molecule has 5 heteroatoms. The molecule has 204 valence electrons. The van der Waals surface area contributed by atoms with Crippen LogP contribution in [0.4, 0.5) is 11.4 Å². The van der Waals surface area contributed by atoms with Crippen LogP contribution in [-0.2, 0) is 9.53 Å². The summed E-state index contributed by atoms with van der Waals surface area (Å²) in [6.07, 6.45) is 11.4. The van der Waals surface area contributed by atoms with E-state index in [-0.39, 0.29) is 5.97 Å². The molecule has 1 fully saturated rings. The molecule has 1 aliphatic carbocycles. The first kappa shape index (κ1) is 29.2. The van der Waals surface area contributed by atoms with Gasteiger partial charge in [-0.2, -0.15) is 0 Å². The third kappa shape index (κ3) is 8.61. The number of nitrogens with zero attached hydrogens (tertiary/aromatic N) is 3. The van der Waals surface area contributed by atoms with Crippen LogP contribution in [0.15, 0.2) is 60.2 Å². The van der Waals surface area contributed by atoms with Gasteiger partial charge in [0.25, 0.3) is 0 Å². The van der Waals surface area contributed by atoms with E-state index >= 15 is 0 Å². The first-order chi connectivity index (χ1) is 18.3. The van der Waals surface area contributed by atoms with E-state index in [1.165, 1.54) is 28.1 Å². The van der Waals surface area contributed by atoms with Crippen molar-refractivity contribution < 1.29 is 14.1 Å². The summed E-state index contributed by atoms with van der Waals surface area (Å²) in [4.78, 5) is 15.9. The molecule has 0 N–H and O–H groups in total. The highest BCUT2D eigenvalue weighted by Crippen LogP contribution is 2.32. The minimum atomic E-state index is -0.0984. The molecule has 0 bridgehead atoms. The summed E-state index contributed by atoms with van der Waals surface area (Å²) in [7, 11) is 10.6. The molecule has 5 nitrogen and oxygen atoms in total. The maximum atomic E-state index is 11.5. The van der Waals surface area contributed by atoms with Crippen LogP contribution in [0.2, 0.25) is 0 Å².